The molecule has 200 valence electrons. The zero-order chi connectivity index (χ0) is 27.5. The SMILES string of the molecule is COc1cccc(-n2c(C)cc([C@H]3[C@@H](c4ccccn4)NC(=S)N3CCC(=O)Nc3cccc(C)c3)c2C)c1. The summed E-state index contributed by atoms with van der Waals surface area (Å²) in [5, 5.41) is 7.13. The van der Waals surface area contributed by atoms with E-state index < -0.39 is 0 Å². The van der Waals surface area contributed by atoms with E-state index in [0.29, 0.717) is 18.1 Å². The summed E-state index contributed by atoms with van der Waals surface area (Å²) in [4.78, 5) is 19.7. The van der Waals surface area contributed by atoms with Gasteiger partial charge in [-0.15, -0.1) is 0 Å². The van der Waals surface area contributed by atoms with Crippen molar-refractivity contribution in [1.29, 1.82) is 0 Å². The standard InChI is InChI=1S/C31H33N5O2S/c1-20-9-7-10-23(17-20)33-28(37)14-16-35-30(29(34-31(35)39)27-13-5-6-15-32-27)26-18-21(2)36(22(26)3)24-11-8-12-25(19-24)38-4/h5-13,15,17-19,29-30H,14,16H2,1-4H3,(H,33,37)(H,34,39)/t29-,30+/m1/s1. The van der Waals surface area contributed by atoms with Crippen LogP contribution in [0.2, 0.25) is 0 Å². The molecule has 0 radical (unpaired) electrons. The van der Waals surface area contributed by atoms with Crippen LogP contribution in [0.1, 0.15) is 46.7 Å². The molecule has 0 saturated carbocycles. The molecule has 0 aliphatic carbocycles. The van der Waals surface area contributed by atoms with Gasteiger partial charge in [0.15, 0.2) is 5.11 Å². The zero-order valence-electron chi connectivity index (χ0n) is 22.6. The Bertz CT molecular complexity index is 1500. The topological polar surface area (TPSA) is 71.4 Å². The lowest BCUT2D eigenvalue weighted by Gasteiger charge is -2.28. The number of amides is 1. The number of carbonyl (C=O) groups is 1. The van der Waals surface area contributed by atoms with Gasteiger partial charge in [-0.25, -0.2) is 0 Å². The molecule has 1 saturated heterocycles. The van der Waals surface area contributed by atoms with Crippen molar-refractivity contribution >= 4 is 28.9 Å². The number of nitrogens with one attached hydrogen (secondary N) is 2. The maximum absolute atomic E-state index is 12.9. The fourth-order valence-corrected chi connectivity index (χ4v) is 5.72. The zero-order valence-corrected chi connectivity index (χ0v) is 23.5. The number of aryl methyl sites for hydroxylation is 2. The minimum absolute atomic E-state index is 0.0507. The number of pyridine rings is 1. The molecule has 2 aromatic heterocycles. The van der Waals surface area contributed by atoms with E-state index in [-0.39, 0.29) is 18.0 Å². The predicted octanol–water partition coefficient (Wildman–Crippen LogP) is 5.81. The van der Waals surface area contributed by atoms with Crippen LogP contribution >= 0.6 is 12.2 Å². The van der Waals surface area contributed by atoms with Gasteiger partial charge < -0.3 is 24.8 Å². The lowest BCUT2D eigenvalue weighted by atomic mass is 9.96. The first-order valence-corrected chi connectivity index (χ1v) is 13.4. The molecule has 0 unspecified atom stereocenters. The Hall–Kier alpha value is -4.17. The van der Waals surface area contributed by atoms with Crippen LogP contribution in [0, 0.1) is 20.8 Å². The Morgan fingerprint density at radius 3 is 2.62 bits per heavy atom. The molecule has 0 spiro atoms. The van der Waals surface area contributed by atoms with Crippen molar-refractivity contribution in [3.63, 3.8) is 0 Å². The third kappa shape index (κ3) is 5.52. The highest BCUT2D eigenvalue weighted by Gasteiger charge is 2.41. The number of nitrogens with zero attached hydrogens (tertiary/aromatic N) is 3. The van der Waals surface area contributed by atoms with E-state index in [1.165, 1.54) is 0 Å². The third-order valence-electron chi connectivity index (χ3n) is 7.18. The molecule has 4 aromatic rings. The van der Waals surface area contributed by atoms with Crippen molar-refractivity contribution in [1.82, 2.24) is 19.8 Å². The molecule has 39 heavy (non-hydrogen) atoms. The molecule has 5 rings (SSSR count). The van der Waals surface area contributed by atoms with Crippen LogP contribution in [-0.4, -0.2) is 39.1 Å². The molecule has 2 aromatic carbocycles. The Morgan fingerprint density at radius 2 is 1.87 bits per heavy atom. The second kappa shape index (κ2) is 11.3. The Morgan fingerprint density at radius 1 is 1.05 bits per heavy atom. The van der Waals surface area contributed by atoms with E-state index in [9.17, 15) is 4.79 Å². The molecular weight excluding hydrogens is 506 g/mol. The highest BCUT2D eigenvalue weighted by molar-refractivity contribution is 7.80. The van der Waals surface area contributed by atoms with Gasteiger partial charge in [0.05, 0.1) is 24.9 Å². The molecule has 2 atom stereocenters. The van der Waals surface area contributed by atoms with Gasteiger partial charge in [-0.3, -0.25) is 9.78 Å². The van der Waals surface area contributed by atoms with Crippen LogP contribution in [0.15, 0.2) is 79.0 Å². The minimum atomic E-state index is -0.155. The van der Waals surface area contributed by atoms with E-state index in [2.05, 4.69) is 51.1 Å². The van der Waals surface area contributed by atoms with E-state index in [0.717, 1.165) is 45.3 Å². The molecule has 1 fully saturated rings. The lowest BCUT2D eigenvalue weighted by molar-refractivity contribution is -0.116. The molecule has 1 aliphatic rings. The first-order valence-electron chi connectivity index (χ1n) is 13.0. The molecule has 8 heteroatoms. The van der Waals surface area contributed by atoms with Crippen molar-refractivity contribution in [3.05, 3.63) is 107 Å². The Kier molecular flexibility index (Phi) is 7.65. The average molecular weight is 540 g/mol. The number of thiocarbonyl (C=S) groups is 1. The summed E-state index contributed by atoms with van der Waals surface area (Å²) in [7, 11) is 1.68. The van der Waals surface area contributed by atoms with Crippen LogP contribution in [-0.2, 0) is 4.79 Å². The second-order valence-corrected chi connectivity index (χ2v) is 10.2. The molecule has 2 N–H and O–H groups in total. The van der Waals surface area contributed by atoms with Crippen LogP contribution in [0.4, 0.5) is 5.69 Å². The lowest BCUT2D eigenvalue weighted by Crippen LogP contribution is -2.32. The van der Waals surface area contributed by atoms with E-state index in [1.54, 1.807) is 13.3 Å². The van der Waals surface area contributed by atoms with Crippen molar-refractivity contribution < 1.29 is 9.53 Å². The van der Waals surface area contributed by atoms with Gasteiger partial charge in [0.1, 0.15) is 5.75 Å². The molecule has 1 amide bonds. The number of hydrogen-bond acceptors (Lipinski definition) is 4. The Labute approximate surface area is 234 Å². The van der Waals surface area contributed by atoms with Crippen LogP contribution in [0.25, 0.3) is 5.69 Å². The maximum atomic E-state index is 12.9. The van der Waals surface area contributed by atoms with Gasteiger partial charge in [0, 0.05) is 48.0 Å². The number of aromatic nitrogens is 2. The van der Waals surface area contributed by atoms with Gasteiger partial charge >= 0.3 is 0 Å². The number of rotatable bonds is 8. The van der Waals surface area contributed by atoms with Crippen LogP contribution in [0.5, 0.6) is 5.75 Å². The van der Waals surface area contributed by atoms with E-state index in [1.807, 2.05) is 67.6 Å². The van der Waals surface area contributed by atoms with Gasteiger partial charge in [0.25, 0.3) is 0 Å². The fraction of sp³-hybridized carbons (Fsp3) is 0.258. The number of anilines is 1. The average Bonchev–Trinajstić information content (AvgIpc) is 3.42. The normalized spacial score (nSPS) is 16.7. The van der Waals surface area contributed by atoms with Crippen LogP contribution < -0.4 is 15.4 Å². The summed E-state index contributed by atoms with van der Waals surface area (Å²) in [5.74, 6) is 0.753. The Balaban J connectivity index is 1.47. The van der Waals surface area contributed by atoms with Gasteiger partial charge in [0.2, 0.25) is 5.91 Å². The third-order valence-corrected chi connectivity index (χ3v) is 7.53. The second-order valence-electron chi connectivity index (χ2n) is 9.85. The number of carbonyl (C=O) groups excluding carboxylic acids is 1. The number of benzene rings is 2. The minimum Gasteiger partial charge on any atom is -0.497 e. The number of methoxy groups -OCH3 is 1. The van der Waals surface area contributed by atoms with Gasteiger partial charge in [-0.05, 0) is 86.6 Å². The largest absolute Gasteiger partial charge is 0.497 e. The molecule has 3 heterocycles. The van der Waals surface area contributed by atoms with Crippen molar-refractivity contribution in [2.45, 2.75) is 39.3 Å². The van der Waals surface area contributed by atoms with Crippen molar-refractivity contribution in [2.75, 3.05) is 19.0 Å². The summed E-state index contributed by atoms with van der Waals surface area (Å²) in [6.45, 7) is 6.71. The summed E-state index contributed by atoms with van der Waals surface area (Å²) in [6, 6.07) is 23.7. The predicted molar refractivity (Wildman–Crippen MR) is 158 cm³/mol. The number of ether oxygens (including phenoxy) is 1. The summed E-state index contributed by atoms with van der Waals surface area (Å²) in [5.41, 5.74) is 7.18. The molecule has 1 aliphatic heterocycles. The summed E-state index contributed by atoms with van der Waals surface area (Å²) in [6.07, 6.45) is 2.10. The van der Waals surface area contributed by atoms with Gasteiger partial charge in [-0.2, -0.15) is 0 Å². The quantitative estimate of drug-likeness (QED) is 0.276. The first kappa shape index (κ1) is 26.4. The van der Waals surface area contributed by atoms with Crippen molar-refractivity contribution in [2.24, 2.45) is 0 Å². The fourth-order valence-electron chi connectivity index (χ4n) is 5.39. The van der Waals surface area contributed by atoms with E-state index >= 15 is 0 Å². The molecule has 0 bridgehead atoms. The van der Waals surface area contributed by atoms with Crippen molar-refractivity contribution in [3.8, 4) is 11.4 Å². The van der Waals surface area contributed by atoms with Crippen LogP contribution in [0.3, 0.4) is 0 Å². The molecular formula is C31H33N5O2S. The monoisotopic (exact) mass is 539 g/mol. The highest BCUT2D eigenvalue weighted by Crippen LogP contribution is 2.41. The van der Waals surface area contributed by atoms with Gasteiger partial charge in [-0.1, -0.05) is 24.3 Å². The molecule has 7 nitrogen and oxygen atoms in total. The first-order chi connectivity index (χ1) is 18.9. The highest BCUT2D eigenvalue weighted by atomic mass is 32.1. The summed E-state index contributed by atoms with van der Waals surface area (Å²) >= 11 is 5.83. The number of hydrogen-bond donors (Lipinski definition) is 2. The maximum Gasteiger partial charge on any atom is 0.226 e. The summed E-state index contributed by atoms with van der Waals surface area (Å²) < 4.78 is 7.71. The smallest absolute Gasteiger partial charge is 0.226 e. The van der Waals surface area contributed by atoms with E-state index in [4.69, 9.17) is 17.0 Å².